The fraction of sp³-hybridized carbons (Fsp3) is 0.286. The third kappa shape index (κ3) is 2.63. The van der Waals surface area contributed by atoms with Crippen LogP contribution in [0.5, 0.6) is 0 Å². The molecule has 2 rings (SSSR count). The molecule has 0 saturated heterocycles. The number of hydrogen-bond acceptors (Lipinski definition) is 2. The Labute approximate surface area is 120 Å². The molecular weight excluding hydrogens is 339 g/mol. The average molecular weight is 354 g/mol. The maximum atomic E-state index is 11.9. The van der Waals surface area contributed by atoms with Crippen molar-refractivity contribution >= 4 is 22.6 Å². The van der Waals surface area contributed by atoms with Gasteiger partial charge in [-0.15, -0.1) is 0 Å². The first-order valence-electron chi connectivity index (χ1n) is 5.98. The number of halogens is 1. The Bertz CT molecular complexity index is 619. The number of aromatic amines is 1. The minimum atomic E-state index is -0.0488. The topological polar surface area (TPSA) is 45.8 Å². The van der Waals surface area contributed by atoms with E-state index >= 15 is 0 Å². The van der Waals surface area contributed by atoms with E-state index in [9.17, 15) is 4.79 Å². The molecule has 0 spiro atoms. The maximum absolute atomic E-state index is 11.9. The summed E-state index contributed by atoms with van der Waals surface area (Å²) in [6.07, 6.45) is 1.82. The first-order chi connectivity index (χ1) is 8.63. The van der Waals surface area contributed by atoms with Gasteiger partial charge in [-0.2, -0.15) is 0 Å². The van der Waals surface area contributed by atoms with Gasteiger partial charge < -0.3 is 4.98 Å². The summed E-state index contributed by atoms with van der Waals surface area (Å²) in [5.74, 6) is 0.668. The fourth-order valence-electron chi connectivity index (χ4n) is 1.87. The second-order valence-electron chi connectivity index (χ2n) is 4.24. The maximum Gasteiger partial charge on any atom is 0.264 e. The van der Waals surface area contributed by atoms with E-state index in [0.717, 1.165) is 29.7 Å². The quantitative estimate of drug-likeness (QED) is 0.860. The van der Waals surface area contributed by atoms with Crippen LogP contribution in [0.15, 0.2) is 29.1 Å². The Morgan fingerprint density at radius 3 is 2.72 bits per heavy atom. The lowest BCUT2D eigenvalue weighted by molar-refractivity contribution is 0.860. The molecule has 0 unspecified atom stereocenters. The van der Waals surface area contributed by atoms with Crippen molar-refractivity contribution in [3.05, 3.63) is 49.4 Å². The lowest BCUT2D eigenvalue weighted by Gasteiger charge is -2.08. The molecule has 94 valence electrons. The van der Waals surface area contributed by atoms with Crippen molar-refractivity contribution in [2.24, 2.45) is 0 Å². The molecule has 3 nitrogen and oxygen atoms in total. The summed E-state index contributed by atoms with van der Waals surface area (Å²) in [6, 6.07) is 7.94. The third-order valence-corrected chi connectivity index (χ3v) is 3.93. The highest BCUT2D eigenvalue weighted by molar-refractivity contribution is 14.1. The molecule has 1 heterocycles. The van der Waals surface area contributed by atoms with Crippen LogP contribution in [0.25, 0.3) is 11.4 Å². The molecule has 1 aromatic heterocycles. The molecule has 0 aliphatic carbocycles. The summed E-state index contributed by atoms with van der Waals surface area (Å²) in [5.41, 5.74) is 2.94. The average Bonchev–Trinajstić information content (AvgIpc) is 2.35. The highest BCUT2D eigenvalue weighted by Crippen LogP contribution is 2.19. The van der Waals surface area contributed by atoms with Crippen LogP contribution in [0.4, 0.5) is 0 Å². The summed E-state index contributed by atoms with van der Waals surface area (Å²) in [6.45, 7) is 4.11. The van der Waals surface area contributed by atoms with Crippen LogP contribution in [0.3, 0.4) is 0 Å². The number of aromatic nitrogens is 2. The molecule has 0 fully saturated rings. The van der Waals surface area contributed by atoms with E-state index in [1.807, 2.05) is 31.2 Å². The SMILES string of the molecule is CCCc1nc(-c2ccccc2C)[nH]c(=O)c1I. The lowest BCUT2D eigenvalue weighted by Crippen LogP contribution is -2.16. The Morgan fingerprint density at radius 1 is 1.33 bits per heavy atom. The van der Waals surface area contributed by atoms with Crippen molar-refractivity contribution < 1.29 is 0 Å². The van der Waals surface area contributed by atoms with Gasteiger partial charge in [0.1, 0.15) is 5.82 Å². The molecule has 1 aromatic carbocycles. The van der Waals surface area contributed by atoms with Crippen molar-refractivity contribution in [2.45, 2.75) is 26.7 Å². The van der Waals surface area contributed by atoms with Gasteiger partial charge in [-0.1, -0.05) is 37.6 Å². The lowest BCUT2D eigenvalue weighted by atomic mass is 10.1. The number of hydrogen-bond donors (Lipinski definition) is 1. The second-order valence-corrected chi connectivity index (χ2v) is 5.32. The molecule has 0 amide bonds. The molecule has 0 aliphatic rings. The number of nitrogens with one attached hydrogen (secondary N) is 1. The van der Waals surface area contributed by atoms with E-state index in [1.54, 1.807) is 0 Å². The number of rotatable bonds is 3. The smallest absolute Gasteiger partial charge is 0.264 e. The molecule has 4 heteroatoms. The van der Waals surface area contributed by atoms with Gasteiger partial charge in [0, 0.05) is 5.56 Å². The minimum Gasteiger partial charge on any atom is -0.306 e. The Hall–Kier alpha value is -1.17. The van der Waals surface area contributed by atoms with Gasteiger partial charge in [0.25, 0.3) is 5.56 Å². The van der Waals surface area contributed by atoms with E-state index in [1.165, 1.54) is 0 Å². The van der Waals surface area contributed by atoms with E-state index in [0.29, 0.717) is 9.39 Å². The molecule has 0 aliphatic heterocycles. The van der Waals surface area contributed by atoms with E-state index in [-0.39, 0.29) is 5.56 Å². The highest BCUT2D eigenvalue weighted by Gasteiger charge is 2.10. The van der Waals surface area contributed by atoms with Crippen LogP contribution in [-0.2, 0) is 6.42 Å². The summed E-state index contributed by atoms with van der Waals surface area (Å²) < 4.78 is 0.701. The minimum absolute atomic E-state index is 0.0488. The molecule has 2 aromatic rings. The van der Waals surface area contributed by atoms with Gasteiger partial charge in [0.2, 0.25) is 0 Å². The van der Waals surface area contributed by atoms with Gasteiger partial charge >= 0.3 is 0 Å². The number of nitrogens with zero attached hydrogens (tertiary/aromatic N) is 1. The summed E-state index contributed by atoms with van der Waals surface area (Å²) in [5, 5.41) is 0. The van der Waals surface area contributed by atoms with Gasteiger partial charge in [-0.3, -0.25) is 4.79 Å². The number of aryl methyl sites for hydroxylation is 2. The Balaban J connectivity index is 2.59. The molecule has 0 atom stereocenters. The molecular formula is C14H15IN2O. The van der Waals surface area contributed by atoms with Gasteiger partial charge in [0.05, 0.1) is 9.26 Å². The van der Waals surface area contributed by atoms with E-state index in [2.05, 4.69) is 39.5 Å². The zero-order valence-corrected chi connectivity index (χ0v) is 12.6. The second kappa shape index (κ2) is 5.65. The molecule has 18 heavy (non-hydrogen) atoms. The summed E-state index contributed by atoms with van der Waals surface area (Å²) >= 11 is 2.07. The van der Waals surface area contributed by atoms with Crippen LogP contribution in [0.1, 0.15) is 24.6 Å². The highest BCUT2D eigenvalue weighted by atomic mass is 127. The molecule has 0 radical (unpaired) electrons. The molecule has 0 bridgehead atoms. The van der Waals surface area contributed by atoms with Crippen molar-refractivity contribution in [1.82, 2.24) is 9.97 Å². The van der Waals surface area contributed by atoms with Crippen LogP contribution in [0, 0.1) is 10.5 Å². The Kier molecular flexibility index (Phi) is 4.16. The van der Waals surface area contributed by atoms with Gasteiger partial charge in [-0.25, -0.2) is 4.98 Å². The van der Waals surface area contributed by atoms with E-state index in [4.69, 9.17) is 0 Å². The van der Waals surface area contributed by atoms with Crippen molar-refractivity contribution in [1.29, 1.82) is 0 Å². The number of H-pyrrole nitrogens is 1. The predicted octanol–water partition coefficient (Wildman–Crippen LogP) is 3.30. The third-order valence-electron chi connectivity index (χ3n) is 2.82. The van der Waals surface area contributed by atoms with Crippen LogP contribution < -0.4 is 5.56 Å². The molecule has 0 saturated carbocycles. The van der Waals surface area contributed by atoms with Crippen molar-refractivity contribution in [3.8, 4) is 11.4 Å². The first-order valence-corrected chi connectivity index (χ1v) is 7.06. The van der Waals surface area contributed by atoms with Gasteiger partial charge in [0.15, 0.2) is 0 Å². The van der Waals surface area contributed by atoms with Crippen molar-refractivity contribution in [3.63, 3.8) is 0 Å². The Morgan fingerprint density at radius 2 is 2.06 bits per heavy atom. The van der Waals surface area contributed by atoms with Crippen molar-refractivity contribution in [2.75, 3.05) is 0 Å². The van der Waals surface area contributed by atoms with Crippen LogP contribution >= 0.6 is 22.6 Å². The predicted molar refractivity (Wildman–Crippen MR) is 81.7 cm³/mol. The zero-order valence-electron chi connectivity index (χ0n) is 10.5. The first kappa shape index (κ1) is 13.3. The summed E-state index contributed by atoms with van der Waals surface area (Å²) in [4.78, 5) is 19.4. The normalized spacial score (nSPS) is 10.6. The van der Waals surface area contributed by atoms with Crippen LogP contribution in [-0.4, -0.2) is 9.97 Å². The van der Waals surface area contributed by atoms with Gasteiger partial charge in [-0.05, 0) is 41.5 Å². The van der Waals surface area contributed by atoms with E-state index < -0.39 is 0 Å². The standard InChI is InChI=1S/C14H15IN2O/c1-3-6-11-12(15)14(18)17-13(16-11)10-8-5-4-7-9(10)2/h4-5,7-8H,3,6H2,1-2H3,(H,16,17,18). The summed E-state index contributed by atoms with van der Waals surface area (Å²) in [7, 11) is 0. The fourth-order valence-corrected chi connectivity index (χ4v) is 2.40. The largest absolute Gasteiger partial charge is 0.306 e. The molecule has 1 N–H and O–H groups in total. The zero-order chi connectivity index (χ0) is 13.1. The van der Waals surface area contributed by atoms with Crippen LogP contribution in [0.2, 0.25) is 0 Å². The monoisotopic (exact) mass is 354 g/mol. The number of benzene rings is 1.